The van der Waals surface area contributed by atoms with Crippen molar-refractivity contribution in [2.24, 2.45) is 0 Å². The summed E-state index contributed by atoms with van der Waals surface area (Å²) in [6, 6.07) is 0. The summed E-state index contributed by atoms with van der Waals surface area (Å²) in [5, 5.41) is 28.0. The van der Waals surface area contributed by atoms with E-state index in [2.05, 4.69) is 0 Å². The van der Waals surface area contributed by atoms with Crippen LogP contribution in [0.2, 0.25) is 0 Å². The molecule has 0 aromatic heterocycles. The number of hydrogen-bond donors (Lipinski definition) is 3. The highest BCUT2D eigenvalue weighted by atomic mass is 16.7. The van der Waals surface area contributed by atoms with Crippen LogP contribution in [0.4, 0.5) is 0 Å². The first-order valence-corrected chi connectivity index (χ1v) is 6.42. The van der Waals surface area contributed by atoms with Crippen LogP contribution in [0.3, 0.4) is 0 Å². The highest BCUT2D eigenvalue weighted by Crippen LogP contribution is 2.27. The Morgan fingerprint density at radius 1 is 1.10 bits per heavy atom. The summed E-state index contributed by atoms with van der Waals surface area (Å²) >= 11 is 0. The molecule has 0 spiro atoms. The fraction of sp³-hybridized carbons (Fsp3) is 0.833. The molecule has 0 saturated carbocycles. The normalized spacial score (nSPS) is 32.5. The van der Waals surface area contributed by atoms with Crippen LogP contribution in [0.25, 0.3) is 0 Å². The van der Waals surface area contributed by atoms with Gasteiger partial charge >= 0.3 is 11.9 Å². The number of hydrogen-bond acceptors (Lipinski definition) is 9. The molecule has 1 saturated heterocycles. The van der Waals surface area contributed by atoms with E-state index in [0.717, 1.165) is 13.8 Å². The summed E-state index contributed by atoms with van der Waals surface area (Å²) in [7, 11) is 0. The third-order valence-electron chi connectivity index (χ3n) is 2.78. The third-order valence-corrected chi connectivity index (χ3v) is 2.78. The van der Waals surface area contributed by atoms with Gasteiger partial charge in [-0.25, -0.2) is 0 Å². The Kier molecular flexibility index (Phi) is 6.99. The predicted molar refractivity (Wildman–Crippen MR) is 65.9 cm³/mol. The fourth-order valence-corrected chi connectivity index (χ4v) is 1.99. The Labute approximate surface area is 121 Å². The van der Waals surface area contributed by atoms with Crippen molar-refractivity contribution in [1.29, 1.82) is 0 Å². The van der Waals surface area contributed by atoms with E-state index in [9.17, 15) is 19.8 Å². The van der Waals surface area contributed by atoms with Gasteiger partial charge in [-0.15, -0.1) is 0 Å². The summed E-state index contributed by atoms with van der Waals surface area (Å²) in [4.78, 5) is 22.3. The molecule has 0 amide bonds. The Morgan fingerprint density at radius 2 is 1.67 bits per heavy atom. The maximum Gasteiger partial charge on any atom is 0.303 e. The van der Waals surface area contributed by atoms with Gasteiger partial charge < -0.3 is 34.3 Å². The van der Waals surface area contributed by atoms with Gasteiger partial charge in [0.05, 0.1) is 19.8 Å². The predicted octanol–water partition coefficient (Wildman–Crippen LogP) is -2.06. The van der Waals surface area contributed by atoms with E-state index in [0.29, 0.717) is 0 Å². The quantitative estimate of drug-likeness (QED) is 0.474. The van der Waals surface area contributed by atoms with E-state index >= 15 is 0 Å². The lowest BCUT2D eigenvalue weighted by atomic mass is 9.98. The van der Waals surface area contributed by atoms with Gasteiger partial charge in [0.25, 0.3) is 0 Å². The smallest absolute Gasteiger partial charge is 0.303 e. The minimum atomic E-state index is -1.39. The van der Waals surface area contributed by atoms with E-state index in [1.807, 2.05) is 0 Å². The lowest BCUT2D eigenvalue weighted by Gasteiger charge is -2.42. The Morgan fingerprint density at radius 3 is 2.14 bits per heavy atom. The minimum absolute atomic E-state index is 0.122. The molecule has 1 aliphatic heterocycles. The van der Waals surface area contributed by atoms with Crippen LogP contribution in [-0.2, 0) is 28.5 Å². The first kappa shape index (κ1) is 17.8. The van der Waals surface area contributed by atoms with Gasteiger partial charge in [0.15, 0.2) is 18.5 Å². The molecule has 5 atom stereocenters. The zero-order valence-electron chi connectivity index (χ0n) is 11.8. The van der Waals surface area contributed by atoms with Crippen LogP contribution in [0.15, 0.2) is 0 Å². The Bertz CT molecular complexity index is 359. The molecule has 9 nitrogen and oxygen atoms in total. The van der Waals surface area contributed by atoms with Gasteiger partial charge in [-0.1, -0.05) is 0 Å². The van der Waals surface area contributed by atoms with Crippen LogP contribution in [0, 0.1) is 0 Å². The van der Waals surface area contributed by atoms with Gasteiger partial charge in [0.2, 0.25) is 0 Å². The number of carbonyl (C=O) groups excluding carboxylic acids is 2. The maximum atomic E-state index is 11.2. The molecule has 0 bridgehead atoms. The topological polar surface area (TPSA) is 132 Å². The standard InChI is InChI=1S/C12H20O9/c1-6(15)19-10-9(17)8(5-14)21-12(18-4-3-13)11(10)20-7(2)16/h8-14,17H,3-5H2,1-2H3/t8-,9-,10+,11-,12+/m1/s1. The number of ether oxygens (including phenoxy) is 4. The maximum absolute atomic E-state index is 11.2. The minimum Gasteiger partial charge on any atom is -0.455 e. The van der Waals surface area contributed by atoms with Gasteiger partial charge in [-0.05, 0) is 0 Å². The summed E-state index contributed by atoms with van der Waals surface area (Å²) in [6.45, 7) is 1.29. The number of esters is 2. The van der Waals surface area contributed by atoms with Gasteiger partial charge in [-0.3, -0.25) is 9.59 Å². The number of carbonyl (C=O) groups is 2. The molecule has 0 radical (unpaired) electrons. The lowest BCUT2D eigenvalue weighted by molar-refractivity contribution is -0.306. The van der Waals surface area contributed by atoms with Crippen molar-refractivity contribution >= 4 is 11.9 Å². The highest BCUT2D eigenvalue weighted by molar-refractivity contribution is 5.67. The van der Waals surface area contributed by atoms with Crippen LogP contribution in [0.1, 0.15) is 13.8 Å². The molecular weight excluding hydrogens is 288 g/mol. The molecule has 0 unspecified atom stereocenters. The Balaban J connectivity index is 2.97. The first-order valence-electron chi connectivity index (χ1n) is 6.42. The van der Waals surface area contributed by atoms with Crippen molar-refractivity contribution in [1.82, 2.24) is 0 Å². The second kappa shape index (κ2) is 8.25. The van der Waals surface area contributed by atoms with Crippen LogP contribution in [0.5, 0.6) is 0 Å². The summed E-state index contributed by atoms with van der Waals surface area (Å²) in [5.41, 5.74) is 0. The van der Waals surface area contributed by atoms with Crippen LogP contribution in [-0.4, -0.2) is 77.8 Å². The zero-order valence-corrected chi connectivity index (χ0v) is 11.8. The van der Waals surface area contributed by atoms with Crippen molar-refractivity contribution in [2.75, 3.05) is 19.8 Å². The molecule has 1 heterocycles. The molecular formula is C12H20O9. The van der Waals surface area contributed by atoms with Crippen molar-refractivity contribution in [3.05, 3.63) is 0 Å². The molecule has 1 fully saturated rings. The van der Waals surface area contributed by atoms with Crippen LogP contribution >= 0.6 is 0 Å². The summed E-state index contributed by atoms with van der Waals surface area (Å²) in [5.74, 6) is -1.39. The van der Waals surface area contributed by atoms with Crippen molar-refractivity contribution in [2.45, 2.75) is 44.6 Å². The molecule has 122 valence electrons. The van der Waals surface area contributed by atoms with Crippen molar-refractivity contribution in [3.8, 4) is 0 Å². The van der Waals surface area contributed by atoms with Gasteiger partial charge in [0, 0.05) is 13.8 Å². The SMILES string of the molecule is CC(=O)O[C@H]1[C@@H](OCCO)O[C@H](CO)[C@@H](O)[C@@H]1OC(C)=O. The third kappa shape index (κ3) is 4.90. The summed E-state index contributed by atoms with van der Waals surface area (Å²) in [6.07, 6.45) is -6.12. The number of rotatable bonds is 6. The monoisotopic (exact) mass is 308 g/mol. The average molecular weight is 308 g/mol. The lowest BCUT2D eigenvalue weighted by Crippen LogP contribution is -2.61. The first-order chi connectivity index (χ1) is 9.90. The molecule has 9 heteroatoms. The number of aliphatic hydroxyl groups is 3. The molecule has 1 rings (SSSR count). The molecule has 0 aliphatic carbocycles. The fourth-order valence-electron chi connectivity index (χ4n) is 1.99. The second-order valence-electron chi connectivity index (χ2n) is 4.46. The molecule has 1 aliphatic rings. The average Bonchev–Trinajstić information content (AvgIpc) is 2.41. The molecule has 0 aromatic rings. The van der Waals surface area contributed by atoms with E-state index in [4.69, 9.17) is 24.1 Å². The van der Waals surface area contributed by atoms with E-state index in [-0.39, 0.29) is 13.2 Å². The Hall–Kier alpha value is -1.26. The van der Waals surface area contributed by atoms with Crippen molar-refractivity contribution in [3.63, 3.8) is 0 Å². The number of aliphatic hydroxyl groups excluding tert-OH is 3. The molecule has 0 aromatic carbocycles. The second-order valence-corrected chi connectivity index (χ2v) is 4.46. The van der Waals surface area contributed by atoms with Gasteiger partial charge in [-0.2, -0.15) is 0 Å². The van der Waals surface area contributed by atoms with E-state index < -0.39 is 49.3 Å². The van der Waals surface area contributed by atoms with Gasteiger partial charge in [0.1, 0.15) is 12.2 Å². The zero-order chi connectivity index (χ0) is 16.0. The van der Waals surface area contributed by atoms with E-state index in [1.54, 1.807) is 0 Å². The highest BCUT2D eigenvalue weighted by Gasteiger charge is 2.49. The van der Waals surface area contributed by atoms with Crippen molar-refractivity contribution < 1.29 is 43.9 Å². The van der Waals surface area contributed by atoms with Crippen LogP contribution < -0.4 is 0 Å². The largest absolute Gasteiger partial charge is 0.455 e. The molecule has 21 heavy (non-hydrogen) atoms. The van der Waals surface area contributed by atoms with E-state index in [1.165, 1.54) is 0 Å². The summed E-state index contributed by atoms with van der Waals surface area (Å²) < 4.78 is 20.4. The molecule has 3 N–H and O–H groups in total.